The lowest BCUT2D eigenvalue weighted by Crippen LogP contribution is -2.29. The lowest BCUT2D eigenvalue weighted by Gasteiger charge is -2.35. The van der Waals surface area contributed by atoms with Crippen molar-refractivity contribution in [2.45, 2.75) is 37.0 Å². The number of benzene rings is 5. The maximum atomic E-state index is 11.3. The topological polar surface area (TPSA) is 29.5 Å². The Kier molecular flexibility index (Phi) is 4.78. The first kappa shape index (κ1) is 22.2. The quantitative estimate of drug-likeness (QED) is 0.280. The summed E-state index contributed by atoms with van der Waals surface area (Å²) < 4.78 is 5.49. The third-order valence-corrected chi connectivity index (χ3v) is 9.03. The normalized spacial score (nSPS) is 19.2. The molecule has 5 aromatic carbocycles. The molecule has 1 unspecified atom stereocenters. The molecule has 0 aliphatic heterocycles. The first-order valence-corrected chi connectivity index (χ1v) is 13.1. The summed E-state index contributed by atoms with van der Waals surface area (Å²) in [6.07, 6.45) is 3.05. The van der Waals surface area contributed by atoms with Gasteiger partial charge in [0.15, 0.2) is 0 Å². The molecule has 2 heteroatoms. The number of fused-ring (bicyclic) bond motifs is 7. The van der Waals surface area contributed by atoms with E-state index in [1.54, 1.807) is 7.11 Å². The van der Waals surface area contributed by atoms with E-state index in [0.29, 0.717) is 5.75 Å². The number of hydrogen-bond donors (Lipinski definition) is 1. The van der Waals surface area contributed by atoms with E-state index in [1.807, 2.05) is 12.1 Å². The Hall–Kier alpha value is -4.04. The molecule has 2 nitrogen and oxygen atoms in total. The van der Waals surface area contributed by atoms with Crippen molar-refractivity contribution in [3.05, 3.63) is 131 Å². The molecule has 2 aliphatic rings. The summed E-state index contributed by atoms with van der Waals surface area (Å²) >= 11 is 0. The van der Waals surface area contributed by atoms with Crippen molar-refractivity contribution in [2.75, 3.05) is 7.11 Å². The zero-order valence-electron chi connectivity index (χ0n) is 21.3. The lowest BCUT2D eigenvalue weighted by molar-refractivity contribution is 0.415. The van der Waals surface area contributed by atoms with Gasteiger partial charge in [0.25, 0.3) is 0 Å². The van der Waals surface area contributed by atoms with Crippen LogP contribution in [0.3, 0.4) is 0 Å². The van der Waals surface area contributed by atoms with Crippen LogP contribution in [-0.2, 0) is 10.8 Å². The van der Waals surface area contributed by atoms with Crippen LogP contribution in [0.25, 0.3) is 21.9 Å². The number of hydrogen-bond acceptors (Lipinski definition) is 2. The third-order valence-electron chi connectivity index (χ3n) is 9.03. The second-order valence-corrected chi connectivity index (χ2v) is 10.9. The fraction of sp³-hybridized carbons (Fsp3) is 0.200. The van der Waals surface area contributed by atoms with Crippen molar-refractivity contribution in [1.29, 1.82) is 0 Å². The molecule has 0 heterocycles. The molecule has 0 aromatic heterocycles. The van der Waals surface area contributed by atoms with Crippen LogP contribution in [0.2, 0.25) is 0 Å². The van der Waals surface area contributed by atoms with Gasteiger partial charge >= 0.3 is 0 Å². The van der Waals surface area contributed by atoms with E-state index >= 15 is 0 Å². The molecule has 182 valence electrons. The molecule has 1 atom stereocenters. The first-order chi connectivity index (χ1) is 18.1. The third kappa shape index (κ3) is 3.05. The minimum atomic E-state index is -0.173. The van der Waals surface area contributed by atoms with Gasteiger partial charge in [0, 0.05) is 16.2 Å². The molecule has 7 rings (SSSR count). The Morgan fingerprint density at radius 3 is 2.03 bits per heavy atom. The summed E-state index contributed by atoms with van der Waals surface area (Å²) in [5, 5.41) is 13.3. The van der Waals surface area contributed by atoms with Gasteiger partial charge in [0.2, 0.25) is 0 Å². The van der Waals surface area contributed by atoms with Crippen LogP contribution in [0.1, 0.15) is 47.1 Å². The Labute approximate surface area is 218 Å². The maximum absolute atomic E-state index is 11.3. The molecule has 1 spiro atoms. The smallest absolute Gasteiger partial charge is 0.123 e. The van der Waals surface area contributed by atoms with Crippen LogP contribution < -0.4 is 4.74 Å². The van der Waals surface area contributed by atoms with Crippen molar-refractivity contribution < 1.29 is 9.84 Å². The number of methoxy groups -OCH3 is 1. The summed E-state index contributed by atoms with van der Waals surface area (Å²) in [7, 11) is 1.67. The Bertz CT molecular complexity index is 1610. The molecule has 0 saturated heterocycles. The van der Waals surface area contributed by atoms with Gasteiger partial charge in [0.1, 0.15) is 11.5 Å². The van der Waals surface area contributed by atoms with Gasteiger partial charge in [-0.25, -0.2) is 0 Å². The highest BCUT2D eigenvalue weighted by atomic mass is 16.5. The van der Waals surface area contributed by atoms with Gasteiger partial charge in [-0.2, -0.15) is 0 Å². The minimum absolute atomic E-state index is 0.102. The number of ether oxygens (including phenoxy) is 1. The molecule has 1 saturated carbocycles. The molecule has 0 amide bonds. The zero-order chi connectivity index (χ0) is 25.2. The maximum Gasteiger partial charge on any atom is 0.123 e. The molecular weight excluding hydrogens is 452 g/mol. The van der Waals surface area contributed by atoms with E-state index in [9.17, 15) is 5.11 Å². The van der Waals surface area contributed by atoms with Gasteiger partial charge in [-0.15, -0.1) is 0 Å². The largest absolute Gasteiger partial charge is 0.507 e. The molecule has 1 N–H and O–H groups in total. The summed E-state index contributed by atoms with van der Waals surface area (Å²) in [6, 6.07) is 37.1. The van der Waals surface area contributed by atoms with Gasteiger partial charge < -0.3 is 9.84 Å². The highest BCUT2D eigenvalue weighted by molar-refractivity contribution is 6.05. The van der Waals surface area contributed by atoms with Crippen LogP contribution in [0.15, 0.2) is 103 Å². The standard InChI is InChI=1S/C35H30O2/c1-23-13-15-28-30(19-23)35(31-21-32(36)29-20-26(37-2)14-16-27(29)33(28)31)18-17-34(22-35,24-9-5-3-6-10-24)25-11-7-4-8-12-25/h3-16,19-21,36H,17-18,22H2,1-2H3. The fourth-order valence-corrected chi connectivity index (χ4v) is 7.35. The highest BCUT2D eigenvalue weighted by Gasteiger charge is 2.55. The van der Waals surface area contributed by atoms with Crippen LogP contribution in [0, 0.1) is 6.92 Å². The molecule has 0 bridgehead atoms. The van der Waals surface area contributed by atoms with E-state index in [0.717, 1.165) is 35.8 Å². The molecule has 37 heavy (non-hydrogen) atoms. The van der Waals surface area contributed by atoms with Crippen molar-refractivity contribution in [1.82, 2.24) is 0 Å². The average molecular weight is 483 g/mol. The van der Waals surface area contributed by atoms with E-state index < -0.39 is 0 Å². The monoisotopic (exact) mass is 482 g/mol. The van der Waals surface area contributed by atoms with Gasteiger partial charge in [-0.3, -0.25) is 0 Å². The number of aromatic hydroxyl groups is 1. The van der Waals surface area contributed by atoms with E-state index in [-0.39, 0.29) is 10.8 Å². The minimum Gasteiger partial charge on any atom is -0.507 e. The summed E-state index contributed by atoms with van der Waals surface area (Å²) in [5.74, 6) is 1.08. The number of rotatable bonds is 3. The average Bonchev–Trinajstić information content (AvgIpc) is 3.48. The first-order valence-electron chi connectivity index (χ1n) is 13.1. The SMILES string of the molecule is COc1ccc2c3c(cc(O)c2c1)C1(CCC(c2ccccc2)(c2ccccc2)C1)c1cc(C)ccc1-3. The summed E-state index contributed by atoms with van der Waals surface area (Å²) in [5.41, 5.74) is 8.97. The Morgan fingerprint density at radius 1 is 0.676 bits per heavy atom. The lowest BCUT2D eigenvalue weighted by atomic mass is 9.68. The van der Waals surface area contributed by atoms with Gasteiger partial charge in [0.05, 0.1) is 7.11 Å². The molecule has 2 aliphatic carbocycles. The van der Waals surface area contributed by atoms with E-state index in [4.69, 9.17) is 4.74 Å². The molecule has 5 aromatic rings. The predicted molar refractivity (Wildman–Crippen MR) is 151 cm³/mol. The number of phenolic OH excluding ortho intramolecular Hbond substituents is 1. The van der Waals surface area contributed by atoms with Crippen molar-refractivity contribution in [2.24, 2.45) is 0 Å². The van der Waals surface area contributed by atoms with Crippen molar-refractivity contribution in [3.63, 3.8) is 0 Å². The second kappa shape index (κ2) is 7.98. The van der Waals surface area contributed by atoms with Crippen LogP contribution in [-0.4, -0.2) is 12.2 Å². The van der Waals surface area contributed by atoms with Crippen LogP contribution in [0.4, 0.5) is 0 Å². The van der Waals surface area contributed by atoms with Gasteiger partial charge in [-0.05, 0) is 89.2 Å². The number of phenols is 1. The van der Waals surface area contributed by atoms with E-state index in [1.165, 1.54) is 38.9 Å². The van der Waals surface area contributed by atoms with Crippen molar-refractivity contribution >= 4 is 10.8 Å². The highest BCUT2D eigenvalue weighted by Crippen LogP contribution is 2.65. The summed E-state index contributed by atoms with van der Waals surface area (Å²) in [6.45, 7) is 2.19. The second-order valence-electron chi connectivity index (χ2n) is 10.9. The number of aryl methyl sites for hydroxylation is 1. The van der Waals surface area contributed by atoms with Crippen molar-refractivity contribution in [3.8, 4) is 22.6 Å². The fourth-order valence-electron chi connectivity index (χ4n) is 7.35. The van der Waals surface area contributed by atoms with E-state index in [2.05, 4.69) is 97.9 Å². The predicted octanol–water partition coefficient (Wildman–Crippen LogP) is 8.30. The molecular formula is C35H30O2. The van der Waals surface area contributed by atoms with Gasteiger partial charge in [-0.1, -0.05) is 84.4 Å². The molecule has 1 fully saturated rings. The van der Waals surface area contributed by atoms with Crippen LogP contribution >= 0.6 is 0 Å². The molecule has 0 radical (unpaired) electrons. The Morgan fingerprint density at radius 2 is 1.35 bits per heavy atom. The summed E-state index contributed by atoms with van der Waals surface area (Å²) in [4.78, 5) is 0. The van der Waals surface area contributed by atoms with Crippen LogP contribution in [0.5, 0.6) is 11.5 Å². The Balaban J connectivity index is 1.53. The zero-order valence-corrected chi connectivity index (χ0v) is 21.3.